The Morgan fingerprint density at radius 2 is 1.95 bits per heavy atom. The second-order valence-electron chi connectivity index (χ2n) is 5.23. The summed E-state index contributed by atoms with van der Waals surface area (Å²) in [6.45, 7) is 7.71. The number of hydrogen-bond acceptors (Lipinski definition) is 2. The molecule has 0 unspecified atom stereocenters. The molecule has 1 aromatic carbocycles. The molecule has 1 rings (SSSR count). The molecule has 0 spiro atoms. The van der Waals surface area contributed by atoms with E-state index in [1.54, 1.807) is 11.9 Å². The van der Waals surface area contributed by atoms with Crippen LogP contribution in [0.2, 0.25) is 5.02 Å². The van der Waals surface area contributed by atoms with Crippen LogP contribution in [0.1, 0.15) is 30.9 Å². The molecule has 0 bridgehead atoms. The maximum atomic E-state index is 11.8. The molecule has 0 aliphatic rings. The van der Waals surface area contributed by atoms with E-state index >= 15 is 0 Å². The molecule has 0 saturated carbocycles. The molecule has 0 saturated heterocycles. The van der Waals surface area contributed by atoms with Gasteiger partial charge in [-0.05, 0) is 43.5 Å². The molecule has 4 nitrogen and oxygen atoms in total. The molecule has 0 fully saturated rings. The summed E-state index contributed by atoms with van der Waals surface area (Å²) in [4.78, 5) is 13.4. The lowest BCUT2D eigenvalue weighted by Crippen LogP contribution is -2.39. The first-order chi connectivity index (χ1) is 9.95. The van der Waals surface area contributed by atoms with Crippen LogP contribution in [0.15, 0.2) is 12.1 Å². The van der Waals surface area contributed by atoms with Crippen molar-refractivity contribution in [2.24, 2.45) is 0 Å². The van der Waals surface area contributed by atoms with Crippen LogP contribution in [0, 0.1) is 13.8 Å². The quantitative estimate of drug-likeness (QED) is 0.779. The van der Waals surface area contributed by atoms with Gasteiger partial charge in [-0.3, -0.25) is 0 Å². The van der Waals surface area contributed by atoms with Gasteiger partial charge in [0.1, 0.15) is 12.4 Å². The van der Waals surface area contributed by atoms with Gasteiger partial charge in [0, 0.05) is 18.6 Å². The smallest absolute Gasteiger partial charge is 0.317 e. The number of urea groups is 1. The summed E-state index contributed by atoms with van der Waals surface area (Å²) in [5.41, 5.74) is 1.99. The number of rotatable bonds is 7. The molecule has 0 radical (unpaired) electrons. The molecule has 118 valence electrons. The van der Waals surface area contributed by atoms with Crippen molar-refractivity contribution in [3.05, 3.63) is 28.3 Å². The lowest BCUT2D eigenvalue weighted by molar-refractivity contribution is 0.204. The summed E-state index contributed by atoms with van der Waals surface area (Å²) >= 11 is 6.11. The zero-order valence-electron chi connectivity index (χ0n) is 13.3. The zero-order valence-corrected chi connectivity index (χ0v) is 14.1. The summed E-state index contributed by atoms with van der Waals surface area (Å²) in [5.74, 6) is 0.781. The van der Waals surface area contributed by atoms with Crippen molar-refractivity contribution in [2.45, 2.75) is 33.6 Å². The first-order valence-corrected chi connectivity index (χ1v) is 7.72. The molecule has 5 heteroatoms. The highest BCUT2D eigenvalue weighted by molar-refractivity contribution is 6.32. The van der Waals surface area contributed by atoms with Gasteiger partial charge in [-0.1, -0.05) is 24.9 Å². The van der Waals surface area contributed by atoms with E-state index in [9.17, 15) is 4.79 Å². The highest BCUT2D eigenvalue weighted by Crippen LogP contribution is 2.25. The number of ether oxygens (including phenoxy) is 1. The fourth-order valence-electron chi connectivity index (χ4n) is 1.95. The SMILES string of the molecule is CCCCN(C)C(=O)NCCOc1cc(C)c(Cl)c(C)c1. The first-order valence-electron chi connectivity index (χ1n) is 7.34. The summed E-state index contributed by atoms with van der Waals surface area (Å²) < 4.78 is 5.64. The van der Waals surface area contributed by atoms with Gasteiger partial charge >= 0.3 is 6.03 Å². The normalized spacial score (nSPS) is 10.3. The monoisotopic (exact) mass is 312 g/mol. The third-order valence-electron chi connectivity index (χ3n) is 3.25. The fourth-order valence-corrected chi connectivity index (χ4v) is 2.06. The van der Waals surface area contributed by atoms with Crippen molar-refractivity contribution in [1.82, 2.24) is 10.2 Å². The van der Waals surface area contributed by atoms with Crippen molar-refractivity contribution < 1.29 is 9.53 Å². The molecule has 0 aliphatic carbocycles. The number of nitrogens with one attached hydrogen (secondary N) is 1. The lowest BCUT2D eigenvalue weighted by atomic mass is 10.1. The zero-order chi connectivity index (χ0) is 15.8. The first kappa shape index (κ1) is 17.6. The number of hydrogen-bond donors (Lipinski definition) is 1. The molecule has 21 heavy (non-hydrogen) atoms. The van der Waals surface area contributed by atoms with E-state index in [0.717, 1.165) is 41.3 Å². The van der Waals surface area contributed by atoms with Crippen molar-refractivity contribution in [3.63, 3.8) is 0 Å². The average molecular weight is 313 g/mol. The maximum Gasteiger partial charge on any atom is 0.317 e. The van der Waals surface area contributed by atoms with Crippen LogP contribution in [-0.4, -0.2) is 37.7 Å². The summed E-state index contributed by atoms with van der Waals surface area (Å²) in [6.07, 6.45) is 2.10. The number of aryl methyl sites for hydroxylation is 2. The Morgan fingerprint density at radius 3 is 2.52 bits per heavy atom. The standard InChI is InChI=1S/C16H25ClN2O2/c1-5-6-8-19(4)16(20)18-7-9-21-14-10-12(2)15(17)13(3)11-14/h10-11H,5-9H2,1-4H3,(H,18,20). The Kier molecular flexibility index (Phi) is 7.37. The van der Waals surface area contributed by atoms with Gasteiger partial charge in [-0.15, -0.1) is 0 Å². The van der Waals surface area contributed by atoms with Crippen LogP contribution in [0.25, 0.3) is 0 Å². The van der Waals surface area contributed by atoms with Crippen molar-refractivity contribution in [1.29, 1.82) is 0 Å². The molecular formula is C16H25ClN2O2. The van der Waals surface area contributed by atoms with E-state index in [-0.39, 0.29) is 6.03 Å². The van der Waals surface area contributed by atoms with Gasteiger partial charge in [-0.25, -0.2) is 4.79 Å². The predicted molar refractivity (Wildman–Crippen MR) is 87.4 cm³/mol. The number of benzene rings is 1. The molecule has 2 amide bonds. The van der Waals surface area contributed by atoms with E-state index < -0.39 is 0 Å². The third-order valence-corrected chi connectivity index (χ3v) is 3.85. The van der Waals surface area contributed by atoms with Crippen LogP contribution in [0.4, 0.5) is 4.79 Å². The minimum atomic E-state index is -0.0597. The maximum absolute atomic E-state index is 11.8. The lowest BCUT2D eigenvalue weighted by Gasteiger charge is -2.17. The Hall–Kier alpha value is -1.42. The average Bonchev–Trinajstić information content (AvgIpc) is 2.46. The molecule has 0 aliphatic heterocycles. The minimum Gasteiger partial charge on any atom is -0.492 e. The topological polar surface area (TPSA) is 41.6 Å². The Morgan fingerprint density at radius 1 is 1.33 bits per heavy atom. The number of halogens is 1. The fraction of sp³-hybridized carbons (Fsp3) is 0.562. The van der Waals surface area contributed by atoms with E-state index in [1.807, 2.05) is 26.0 Å². The largest absolute Gasteiger partial charge is 0.492 e. The van der Waals surface area contributed by atoms with Gasteiger partial charge in [0.15, 0.2) is 0 Å². The number of carbonyl (C=O) groups is 1. The van der Waals surface area contributed by atoms with Crippen LogP contribution in [0.5, 0.6) is 5.75 Å². The molecule has 1 N–H and O–H groups in total. The molecule has 0 heterocycles. The van der Waals surface area contributed by atoms with Crippen LogP contribution in [0.3, 0.4) is 0 Å². The Bertz CT molecular complexity index is 454. The van der Waals surface area contributed by atoms with Gasteiger partial charge in [-0.2, -0.15) is 0 Å². The predicted octanol–water partition coefficient (Wildman–Crippen LogP) is 3.78. The molecular weight excluding hydrogens is 288 g/mol. The van der Waals surface area contributed by atoms with Crippen molar-refractivity contribution in [3.8, 4) is 5.75 Å². The second-order valence-corrected chi connectivity index (χ2v) is 5.60. The highest BCUT2D eigenvalue weighted by Gasteiger charge is 2.07. The number of amides is 2. The van der Waals surface area contributed by atoms with Gasteiger partial charge < -0.3 is 15.0 Å². The molecule has 0 atom stereocenters. The van der Waals surface area contributed by atoms with E-state index in [4.69, 9.17) is 16.3 Å². The van der Waals surface area contributed by atoms with Crippen LogP contribution in [-0.2, 0) is 0 Å². The molecule has 0 aromatic heterocycles. The van der Waals surface area contributed by atoms with E-state index in [2.05, 4.69) is 12.2 Å². The van der Waals surface area contributed by atoms with Crippen LogP contribution >= 0.6 is 11.6 Å². The van der Waals surface area contributed by atoms with Gasteiger partial charge in [0.25, 0.3) is 0 Å². The second kappa shape index (κ2) is 8.78. The third kappa shape index (κ3) is 5.84. The summed E-state index contributed by atoms with van der Waals surface area (Å²) in [7, 11) is 1.80. The van der Waals surface area contributed by atoms with Crippen molar-refractivity contribution in [2.75, 3.05) is 26.7 Å². The summed E-state index contributed by atoms with van der Waals surface area (Å²) in [6, 6.07) is 3.75. The number of carbonyl (C=O) groups excluding carboxylic acids is 1. The Labute approximate surface area is 132 Å². The number of unbranched alkanes of at least 4 members (excludes halogenated alkanes) is 1. The minimum absolute atomic E-state index is 0.0597. The van der Waals surface area contributed by atoms with Crippen molar-refractivity contribution >= 4 is 17.6 Å². The van der Waals surface area contributed by atoms with Gasteiger partial charge in [0.05, 0.1) is 6.54 Å². The van der Waals surface area contributed by atoms with E-state index in [0.29, 0.717) is 13.2 Å². The van der Waals surface area contributed by atoms with Crippen LogP contribution < -0.4 is 10.1 Å². The van der Waals surface area contributed by atoms with Gasteiger partial charge in [0.2, 0.25) is 0 Å². The Balaban J connectivity index is 2.33. The van der Waals surface area contributed by atoms with E-state index in [1.165, 1.54) is 0 Å². The molecule has 1 aromatic rings. The summed E-state index contributed by atoms with van der Waals surface area (Å²) in [5, 5.41) is 3.61. The highest BCUT2D eigenvalue weighted by atomic mass is 35.5. The number of nitrogens with zero attached hydrogens (tertiary/aromatic N) is 1.